The maximum Gasteiger partial charge on any atom is 0.109 e. The minimum absolute atomic E-state index is 0.550. The van der Waals surface area contributed by atoms with Crippen LogP contribution >= 0.6 is 0 Å². The van der Waals surface area contributed by atoms with Gasteiger partial charge in [0.05, 0.1) is 0 Å². The van der Waals surface area contributed by atoms with Crippen LogP contribution in [0.25, 0.3) is 6.08 Å². The number of oxime groups is 1. The molecule has 0 heterocycles. The van der Waals surface area contributed by atoms with E-state index in [1.165, 1.54) is 0 Å². The molecule has 2 nitrogen and oxygen atoms in total. The summed E-state index contributed by atoms with van der Waals surface area (Å²) in [6.45, 7) is 0. The van der Waals surface area contributed by atoms with Gasteiger partial charge in [-0.3, -0.25) is 0 Å². The van der Waals surface area contributed by atoms with Gasteiger partial charge in [0.15, 0.2) is 0 Å². The first kappa shape index (κ1) is 11.1. The molecule has 0 amide bonds. The van der Waals surface area contributed by atoms with E-state index in [2.05, 4.69) is 5.16 Å². The topological polar surface area (TPSA) is 32.6 Å². The van der Waals surface area contributed by atoms with Crippen LogP contribution in [0.2, 0.25) is 0 Å². The first-order valence-corrected chi connectivity index (χ1v) is 5.41. The highest BCUT2D eigenvalue weighted by Gasteiger charge is 1.98. The predicted octanol–water partition coefficient (Wildman–Crippen LogP) is 3.58. The Morgan fingerprint density at radius 2 is 1.47 bits per heavy atom. The van der Waals surface area contributed by atoms with Crippen molar-refractivity contribution in [2.24, 2.45) is 5.16 Å². The Labute approximate surface area is 101 Å². The van der Waals surface area contributed by atoms with E-state index in [0.717, 1.165) is 11.1 Å². The fraction of sp³-hybridized carbons (Fsp3) is 0. The maximum atomic E-state index is 8.99. The van der Waals surface area contributed by atoms with Crippen LogP contribution in [0.1, 0.15) is 11.1 Å². The first-order valence-electron chi connectivity index (χ1n) is 5.41. The molecule has 0 fully saturated rings. The van der Waals surface area contributed by atoms with Gasteiger partial charge in [0, 0.05) is 5.56 Å². The van der Waals surface area contributed by atoms with Gasteiger partial charge >= 0.3 is 0 Å². The van der Waals surface area contributed by atoms with Crippen LogP contribution in [0.4, 0.5) is 0 Å². The molecule has 0 atom stereocenters. The second-order valence-electron chi connectivity index (χ2n) is 3.60. The molecule has 0 saturated heterocycles. The summed E-state index contributed by atoms with van der Waals surface area (Å²) in [6, 6.07) is 19.5. The Kier molecular flexibility index (Phi) is 3.71. The summed E-state index contributed by atoms with van der Waals surface area (Å²) in [7, 11) is 0. The minimum atomic E-state index is 0.550. The summed E-state index contributed by atoms with van der Waals surface area (Å²) >= 11 is 0. The van der Waals surface area contributed by atoms with Crippen molar-refractivity contribution in [3.05, 3.63) is 77.9 Å². The molecule has 17 heavy (non-hydrogen) atoms. The van der Waals surface area contributed by atoms with Crippen LogP contribution in [0, 0.1) is 0 Å². The molecule has 2 aromatic rings. The lowest BCUT2D eigenvalue weighted by atomic mass is 10.1. The molecular formula is C15H13NO. The van der Waals surface area contributed by atoms with E-state index in [0.29, 0.717) is 5.71 Å². The summed E-state index contributed by atoms with van der Waals surface area (Å²) in [6.07, 6.45) is 3.72. The van der Waals surface area contributed by atoms with Gasteiger partial charge in [-0.05, 0) is 11.6 Å². The van der Waals surface area contributed by atoms with Crippen LogP contribution in [0.5, 0.6) is 0 Å². The van der Waals surface area contributed by atoms with Crippen LogP contribution in [-0.2, 0) is 0 Å². The zero-order chi connectivity index (χ0) is 11.9. The Morgan fingerprint density at radius 3 is 2.06 bits per heavy atom. The van der Waals surface area contributed by atoms with Crippen LogP contribution < -0.4 is 0 Å². The lowest BCUT2D eigenvalue weighted by molar-refractivity contribution is 0.320. The minimum Gasteiger partial charge on any atom is -0.410 e. The Hall–Kier alpha value is -2.35. The van der Waals surface area contributed by atoms with Gasteiger partial charge in [0.1, 0.15) is 5.71 Å². The first-order chi connectivity index (χ1) is 8.40. The molecule has 0 radical (unpaired) electrons. The lowest BCUT2D eigenvalue weighted by Crippen LogP contribution is -1.95. The summed E-state index contributed by atoms with van der Waals surface area (Å²) in [5.41, 5.74) is 2.52. The number of nitrogens with zero attached hydrogens (tertiary/aromatic N) is 1. The van der Waals surface area contributed by atoms with Gasteiger partial charge in [-0.2, -0.15) is 0 Å². The van der Waals surface area contributed by atoms with Gasteiger partial charge in [0.2, 0.25) is 0 Å². The largest absolute Gasteiger partial charge is 0.410 e. The number of hydrogen-bond donors (Lipinski definition) is 1. The molecule has 2 rings (SSSR count). The van der Waals surface area contributed by atoms with Gasteiger partial charge in [0.25, 0.3) is 0 Å². The Morgan fingerprint density at radius 1 is 0.882 bits per heavy atom. The molecule has 0 saturated carbocycles. The van der Waals surface area contributed by atoms with Crippen molar-refractivity contribution in [1.29, 1.82) is 0 Å². The molecule has 1 N–H and O–H groups in total. The van der Waals surface area contributed by atoms with E-state index in [1.54, 1.807) is 6.08 Å². The van der Waals surface area contributed by atoms with Crippen molar-refractivity contribution < 1.29 is 5.21 Å². The van der Waals surface area contributed by atoms with Crippen LogP contribution in [-0.4, -0.2) is 10.9 Å². The smallest absolute Gasteiger partial charge is 0.109 e. The van der Waals surface area contributed by atoms with Crippen molar-refractivity contribution in [2.75, 3.05) is 0 Å². The van der Waals surface area contributed by atoms with E-state index in [4.69, 9.17) is 5.21 Å². The van der Waals surface area contributed by atoms with Crippen LogP contribution in [0.15, 0.2) is 71.9 Å². The number of allylic oxidation sites excluding steroid dienone is 1. The molecule has 2 heteroatoms. The van der Waals surface area contributed by atoms with Crippen LogP contribution in [0.3, 0.4) is 0 Å². The number of hydrogen-bond acceptors (Lipinski definition) is 2. The highest BCUT2D eigenvalue weighted by molar-refractivity contribution is 6.10. The summed E-state index contributed by atoms with van der Waals surface area (Å²) in [4.78, 5) is 0. The average molecular weight is 223 g/mol. The quantitative estimate of drug-likeness (QED) is 0.481. The SMILES string of the molecule is O/N=C(\C=C/c1ccccc1)c1ccccc1. The van der Waals surface area contributed by atoms with Gasteiger partial charge in [-0.15, -0.1) is 0 Å². The molecule has 0 unspecified atom stereocenters. The summed E-state index contributed by atoms with van der Waals surface area (Å²) < 4.78 is 0. The zero-order valence-corrected chi connectivity index (χ0v) is 9.32. The molecule has 0 aliphatic rings. The highest BCUT2D eigenvalue weighted by atomic mass is 16.4. The molecule has 84 valence electrons. The third-order valence-corrected chi connectivity index (χ3v) is 2.41. The molecule has 2 aromatic carbocycles. The molecule has 0 aliphatic carbocycles. The fourth-order valence-electron chi connectivity index (χ4n) is 1.54. The Bertz CT molecular complexity index is 515. The number of benzene rings is 2. The molecule has 0 aliphatic heterocycles. The normalized spacial score (nSPS) is 11.9. The van der Waals surface area contributed by atoms with Gasteiger partial charge < -0.3 is 5.21 Å². The van der Waals surface area contributed by atoms with Gasteiger partial charge in [-0.25, -0.2) is 0 Å². The average Bonchev–Trinajstić information content (AvgIpc) is 2.42. The van der Waals surface area contributed by atoms with Gasteiger partial charge in [-0.1, -0.05) is 71.9 Å². The second kappa shape index (κ2) is 5.66. The lowest BCUT2D eigenvalue weighted by Gasteiger charge is -1.98. The van der Waals surface area contributed by atoms with Crippen molar-refractivity contribution >= 4 is 11.8 Å². The zero-order valence-electron chi connectivity index (χ0n) is 9.32. The Balaban J connectivity index is 2.20. The molecule has 0 aromatic heterocycles. The third-order valence-electron chi connectivity index (χ3n) is 2.41. The van der Waals surface area contributed by atoms with Crippen molar-refractivity contribution in [3.63, 3.8) is 0 Å². The molecule has 0 spiro atoms. The molecule has 0 bridgehead atoms. The van der Waals surface area contributed by atoms with E-state index in [9.17, 15) is 0 Å². The fourth-order valence-corrected chi connectivity index (χ4v) is 1.54. The monoisotopic (exact) mass is 223 g/mol. The van der Waals surface area contributed by atoms with E-state index in [-0.39, 0.29) is 0 Å². The predicted molar refractivity (Wildman–Crippen MR) is 70.2 cm³/mol. The highest BCUT2D eigenvalue weighted by Crippen LogP contribution is 2.06. The van der Waals surface area contributed by atoms with E-state index in [1.807, 2.05) is 66.7 Å². The maximum absolute atomic E-state index is 8.99. The standard InChI is InChI=1S/C15H13NO/c17-16-15(14-9-5-2-6-10-14)12-11-13-7-3-1-4-8-13/h1-12,17H/b12-11-,16-15+. The van der Waals surface area contributed by atoms with Crippen molar-refractivity contribution in [1.82, 2.24) is 0 Å². The van der Waals surface area contributed by atoms with Crippen molar-refractivity contribution in [3.8, 4) is 0 Å². The van der Waals surface area contributed by atoms with E-state index < -0.39 is 0 Å². The number of rotatable bonds is 3. The summed E-state index contributed by atoms with van der Waals surface area (Å²) in [5, 5.41) is 12.3. The third kappa shape index (κ3) is 3.05. The van der Waals surface area contributed by atoms with E-state index >= 15 is 0 Å². The summed E-state index contributed by atoms with van der Waals surface area (Å²) in [5.74, 6) is 0. The second-order valence-corrected chi connectivity index (χ2v) is 3.60. The molecular weight excluding hydrogens is 210 g/mol. The van der Waals surface area contributed by atoms with Crippen molar-refractivity contribution in [2.45, 2.75) is 0 Å².